The molecule has 0 atom stereocenters. The average molecular weight is 262 g/mol. The first kappa shape index (κ1) is 14.2. The smallest absolute Gasteiger partial charge is 0.142 e. The summed E-state index contributed by atoms with van der Waals surface area (Å²) in [4.78, 5) is 2.48. The number of ether oxygens (including phenoxy) is 1. The van der Waals surface area contributed by atoms with Crippen molar-refractivity contribution in [2.45, 2.75) is 33.2 Å². The molecular weight excluding hydrogens is 236 g/mol. The van der Waals surface area contributed by atoms with Crippen LogP contribution >= 0.6 is 0 Å². The third-order valence-corrected chi connectivity index (χ3v) is 3.85. The summed E-state index contributed by atoms with van der Waals surface area (Å²) in [6.45, 7) is 12.2. The molecule has 0 amide bonds. The molecule has 3 heteroatoms. The molecule has 1 aliphatic heterocycles. The topological polar surface area (TPSA) is 24.5 Å². The van der Waals surface area contributed by atoms with E-state index in [0.717, 1.165) is 25.4 Å². The van der Waals surface area contributed by atoms with Gasteiger partial charge < -0.3 is 15.0 Å². The lowest BCUT2D eigenvalue weighted by atomic mass is 9.91. The van der Waals surface area contributed by atoms with E-state index in [0.29, 0.717) is 0 Å². The zero-order valence-electron chi connectivity index (χ0n) is 12.8. The maximum atomic E-state index is 5.54. The van der Waals surface area contributed by atoms with E-state index in [1.54, 1.807) is 7.11 Å². The van der Waals surface area contributed by atoms with Crippen LogP contribution in [0.5, 0.6) is 5.75 Å². The predicted molar refractivity (Wildman–Crippen MR) is 81.1 cm³/mol. The van der Waals surface area contributed by atoms with Gasteiger partial charge in [-0.25, -0.2) is 0 Å². The molecule has 1 saturated heterocycles. The maximum Gasteiger partial charge on any atom is 0.142 e. The van der Waals surface area contributed by atoms with E-state index in [-0.39, 0.29) is 11.0 Å². The highest BCUT2D eigenvalue weighted by Crippen LogP contribution is 2.36. The largest absolute Gasteiger partial charge is 0.495 e. The zero-order valence-corrected chi connectivity index (χ0v) is 12.8. The molecule has 0 aliphatic carbocycles. The zero-order chi connectivity index (χ0) is 14.1. The molecule has 1 heterocycles. The molecular formula is C16H26N2O. The van der Waals surface area contributed by atoms with Crippen molar-refractivity contribution in [2.75, 3.05) is 31.6 Å². The standard InChI is InChI=1S/C16H26N2O/c1-15(2)10-17-11-16(3,4)18(12-15)13-8-6-7-9-14(13)19-5/h6-9,17H,10-12H2,1-5H3. The van der Waals surface area contributed by atoms with E-state index in [1.807, 2.05) is 12.1 Å². The van der Waals surface area contributed by atoms with Gasteiger partial charge in [0, 0.05) is 25.2 Å². The third-order valence-electron chi connectivity index (χ3n) is 3.85. The number of rotatable bonds is 2. The Kier molecular flexibility index (Phi) is 3.77. The second-order valence-electron chi connectivity index (χ2n) is 6.84. The Labute approximate surface area is 116 Å². The van der Waals surface area contributed by atoms with Crippen molar-refractivity contribution >= 4 is 5.69 Å². The SMILES string of the molecule is COc1ccccc1N1CC(C)(C)CNCC1(C)C. The molecule has 19 heavy (non-hydrogen) atoms. The van der Waals surface area contributed by atoms with Gasteiger partial charge in [0.15, 0.2) is 0 Å². The maximum absolute atomic E-state index is 5.54. The summed E-state index contributed by atoms with van der Waals surface area (Å²) in [7, 11) is 1.74. The van der Waals surface area contributed by atoms with E-state index >= 15 is 0 Å². The van der Waals surface area contributed by atoms with E-state index in [9.17, 15) is 0 Å². The fourth-order valence-electron chi connectivity index (χ4n) is 2.76. The Balaban J connectivity index is 2.43. The lowest BCUT2D eigenvalue weighted by Crippen LogP contribution is -2.50. The molecule has 0 bridgehead atoms. The number of anilines is 1. The molecule has 1 fully saturated rings. The van der Waals surface area contributed by atoms with Crippen molar-refractivity contribution in [1.82, 2.24) is 5.32 Å². The van der Waals surface area contributed by atoms with Gasteiger partial charge in [-0.1, -0.05) is 26.0 Å². The molecule has 0 aromatic heterocycles. The van der Waals surface area contributed by atoms with Crippen LogP contribution in [-0.4, -0.2) is 32.3 Å². The Morgan fingerprint density at radius 2 is 1.79 bits per heavy atom. The van der Waals surface area contributed by atoms with Gasteiger partial charge in [0.05, 0.1) is 12.8 Å². The summed E-state index contributed by atoms with van der Waals surface area (Å²) in [5, 5.41) is 3.58. The molecule has 1 aromatic carbocycles. The van der Waals surface area contributed by atoms with Crippen LogP contribution in [0.4, 0.5) is 5.69 Å². The van der Waals surface area contributed by atoms with Crippen LogP contribution < -0.4 is 15.0 Å². The van der Waals surface area contributed by atoms with Crippen LogP contribution in [0, 0.1) is 5.41 Å². The van der Waals surface area contributed by atoms with Crippen molar-refractivity contribution in [2.24, 2.45) is 5.41 Å². The van der Waals surface area contributed by atoms with Gasteiger partial charge in [-0.15, -0.1) is 0 Å². The first-order chi connectivity index (χ1) is 8.86. The molecule has 0 saturated carbocycles. The number of methoxy groups -OCH3 is 1. The average Bonchev–Trinajstić information content (AvgIpc) is 2.45. The van der Waals surface area contributed by atoms with Crippen LogP contribution in [0.25, 0.3) is 0 Å². The third kappa shape index (κ3) is 3.03. The summed E-state index contributed by atoms with van der Waals surface area (Å²) in [5.41, 5.74) is 1.50. The van der Waals surface area contributed by atoms with Crippen LogP contribution in [0.2, 0.25) is 0 Å². The molecule has 0 spiro atoms. The van der Waals surface area contributed by atoms with E-state index in [1.165, 1.54) is 5.69 Å². The minimum atomic E-state index is 0.0718. The van der Waals surface area contributed by atoms with Crippen molar-refractivity contribution in [3.8, 4) is 5.75 Å². The van der Waals surface area contributed by atoms with Crippen molar-refractivity contribution in [3.63, 3.8) is 0 Å². The van der Waals surface area contributed by atoms with Crippen LogP contribution in [0.1, 0.15) is 27.7 Å². The number of benzene rings is 1. The molecule has 2 rings (SSSR count). The predicted octanol–water partition coefficient (Wildman–Crippen LogP) is 2.91. The molecule has 1 aliphatic rings. The molecule has 1 N–H and O–H groups in total. The lowest BCUT2D eigenvalue weighted by molar-refractivity contribution is 0.360. The minimum absolute atomic E-state index is 0.0718. The van der Waals surface area contributed by atoms with Crippen molar-refractivity contribution < 1.29 is 4.74 Å². The highest BCUT2D eigenvalue weighted by Gasteiger charge is 2.36. The van der Waals surface area contributed by atoms with Gasteiger partial charge in [-0.3, -0.25) is 0 Å². The number of nitrogens with one attached hydrogen (secondary N) is 1. The molecule has 1 aromatic rings. The summed E-state index contributed by atoms with van der Waals surface area (Å²) in [6.07, 6.45) is 0. The molecule has 106 valence electrons. The highest BCUT2D eigenvalue weighted by molar-refractivity contribution is 5.60. The van der Waals surface area contributed by atoms with Gasteiger partial charge in [0.25, 0.3) is 0 Å². The molecule has 0 radical (unpaired) electrons. The summed E-state index contributed by atoms with van der Waals surface area (Å²) < 4.78 is 5.54. The summed E-state index contributed by atoms with van der Waals surface area (Å²) in [6, 6.07) is 8.30. The quantitative estimate of drug-likeness (QED) is 0.887. The van der Waals surface area contributed by atoms with E-state index in [4.69, 9.17) is 4.74 Å². The van der Waals surface area contributed by atoms with E-state index in [2.05, 4.69) is 50.0 Å². The number of hydrogen-bond acceptors (Lipinski definition) is 3. The number of nitrogens with zero attached hydrogens (tertiary/aromatic N) is 1. The highest BCUT2D eigenvalue weighted by atomic mass is 16.5. The van der Waals surface area contributed by atoms with E-state index < -0.39 is 0 Å². The van der Waals surface area contributed by atoms with Crippen molar-refractivity contribution in [3.05, 3.63) is 24.3 Å². The number of hydrogen-bond donors (Lipinski definition) is 1. The van der Waals surface area contributed by atoms with Crippen molar-refractivity contribution in [1.29, 1.82) is 0 Å². The molecule has 0 unspecified atom stereocenters. The Bertz CT molecular complexity index is 440. The fourth-order valence-corrected chi connectivity index (χ4v) is 2.76. The van der Waals surface area contributed by atoms with Gasteiger partial charge in [-0.2, -0.15) is 0 Å². The first-order valence-electron chi connectivity index (χ1n) is 6.97. The summed E-state index contributed by atoms with van der Waals surface area (Å²) >= 11 is 0. The second kappa shape index (κ2) is 5.04. The monoisotopic (exact) mass is 262 g/mol. The van der Waals surface area contributed by atoms with Gasteiger partial charge >= 0.3 is 0 Å². The lowest BCUT2D eigenvalue weighted by Gasteiger charge is -2.41. The Morgan fingerprint density at radius 3 is 2.47 bits per heavy atom. The van der Waals surface area contributed by atoms with Crippen LogP contribution in [0.3, 0.4) is 0 Å². The fraction of sp³-hybridized carbons (Fsp3) is 0.625. The van der Waals surface area contributed by atoms with Gasteiger partial charge in [0.1, 0.15) is 5.75 Å². The Morgan fingerprint density at radius 1 is 1.11 bits per heavy atom. The van der Waals surface area contributed by atoms with Gasteiger partial charge in [0.2, 0.25) is 0 Å². The van der Waals surface area contributed by atoms with Crippen LogP contribution in [0.15, 0.2) is 24.3 Å². The van der Waals surface area contributed by atoms with Gasteiger partial charge in [-0.05, 0) is 31.4 Å². The first-order valence-corrected chi connectivity index (χ1v) is 6.97. The Hall–Kier alpha value is -1.22. The summed E-state index contributed by atoms with van der Waals surface area (Å²) in [5.74, 6) is 0.952. The minimum Gasteiger partial charge on any atom is -0.495 e. The second-order valence-corrected chi connectivity index (χ2v) is 6.84. The molecule has 3 nitrogen and oxygen atoms in total. The van der Waals surface area contributed by atoms with Crippen LogP contribution in [-0.2, 0) is 0 Å². The number of para-hydroxylation sites is 2. The normalized spacial score (nSPS) is 21.8.